The molecule has 0 nitrogen and oxygen atoms in total. The lowest BCUT2D eigenvalue weighted by atomic mass is 9.78. The molecule has 0 bridgehead atoms. The molecule has 30 heavy (non-hydrogen) atoms. The molecule has 0 heterocycles. The van der Waals surface area contributed by atoms with Gasteiger partial charge in [0.25, 0.3) is 0 Å². The van der Waals surface area contributed by atoms with Crippen molar-refractivity contribution < 1.29 is 0 Å². The molecule has 0 amide bonds. The second-order valence-corrected chi connectivity index (χ2v) is 8.76. The van der Waals surface area contributed by atoms with Crippen molar-refractivity contribution in [2.75, 3.05) is 0 Å². The minimum absolute atomic E-state index is 0.916. The molecule has 2 aromatic carbocycles. The normalized spacial score (nSPS) is 18.3. The SMILES string of the molecule is C=CCCc1ccc(C#Cc2ccc(CCC3CCC(CCC=C)CC3)cc2)cc1. The third kappa shape index (κ3) is 7.38. The van der Waals surface area contributed by atoms with Crippen LogP contribution in [0, 0.1) is 23.7 Å². The highest BCUT2D eigenvalue weighted by Gasteiger charge is 2.20. The van der Waals surface area contributed by atoms with Crippen LogP contribution in [0.4, 0.5) is 0 Å². The number of rotatable bonds is 9. The number of benzene rings is 2. The molecule has 156 valence electrons. The van der Waals surface area contributed by atoms with E-state index in [4.69, 9.17) is 0 Å². The summed E-state index contributed by atoms with van der Waals surface area (Å²) in [6, 6.07) is 17.4. The average molecular weight is 397 g/mol. The number of aryl methyl sites for hydroxylation is 2. The van der Waals surface area contributed by atoms with Gasteiger partial charge >= 0.3 is 0 Å². The van der Waals surface area contributed by atoms with Crippen LogP contribution in [-0.2, 0) is 12.8 Å². The van der Waals surface area contributed by atoms with Crippen LogP contribution in [0.25, 0.3) is 0 Å². The van der Waals surface area contributed by atoms with E-state index in [0.717, 1.165) is 35.8 Å². The molecule has 0 heteroatoms. The second-order valence-electron chi connectivity index (χ2n) is 8.76. The molecule has 0 saturated heterocycles. The summed E-state index contributed by atoms with van der Waals surface area (Å²) in [6.07, 6.45) is 16.8. The summed E-state index contributed by atoms with van der Waals surface area (Å²) in [6.45, 7) is 7.64. The highest BCUT2D eigenvalue weighted by Crippen LogP contribution is 2.33. The van der Waals surface area contributed by atoms with E-state index in [0.29, 0.717) is 0 Å². The zero-order valence-corrected chi connectivity index (χ0v) is 18.4. The maximum atomic E-state index is 3.86. The molecule has 0 aromatic heterocycles. The predicted octanol–water partition coefficient (Wildman–Crippen LogP) is 7.91. The topological polar surface area (TPSA) is 0 Å². The summed E-state index contributed by atoms with van der Waals surface area (Å²) in [5.41, 5.74) is 4.96. The molecule has 0 aliphatic heterocycles. The van der Waals surface area contributed by atoms with E-state index in [1.165, 1.54) is 62.5 Å². The molecule has 1 aliphatic rings. The van der Waals surface area contributed by atoms with Gasteiger partial charge in [-0.3, -0.25) is 0 Å². The minimum atomic E-state index is 0.916. The Morgan fingerprint density at radius 1 is 0.633 bits per heavy atom. The summed E-state index contributed by atoms with van der Waals surface area (Å²) in [4.78, 5) is 0. The summed E-state index contributed by atoms with van der Waals surface area (Å²) < 4.78 is 0. The van der Waals surface area contributed by atoms with Crippen molar-refractivity contribution >= 4 is 0 Å². The average Bonchev–Trinajstić information content (AvgIpc) is 2.80. The summed E-state index contributed by atoms with van der Waals surface area (Å²) >= 11 is 0. The van der Waals surface area contributed by atoms with Gasteiger partial charge in [-0.2, -0.15) is 0 Å². The van der Waals surface area contributed by atoms with Gasteiger partial charge in [-0.15, -0.1) is 13.2 Å². The number of hydrogen-bond acceptors (Lipinski definition) is 0. The van der Waals surface area contributed by atoms with Gasteiger partial charge in [0, 0.05) is 11.1 Å². The standard InChI is InChI=1S/C30H36/c1-3-5-7-25-9-13-27(14-10-25)17-19-29-21-23-30(24-22-29)20-18-28-15-11-26(12-16-28)8-6-4-2/h3-4,9-10,13-14,21-24,26,28H,1-2,5-8,11-12,15-16,18,20H2. The Labute approximate surface area is 184 Å². The fraction of sp³-hybridized carbons (Fsp3) is 0.400. The lowest BCUT2D eigenvalue weighted by Gasteiger charge is -2.28. The van der Waals surface area contributed by atoms with Gasteiger partial charge in [-0.25, -0.2) is 0 Å². The minimum Gasteiger partial charge on any atom is -0.103 e. The summed E-state index contributed by atoms with van der Waals surface area (Å²) in [7, 11) is 0. The Morgan fingerprint density at radius 2 is 1.10 bits per heavy atom. The van der Waals surface area contributed by atoms with Crippen molar-refractivity contribution in [1.29, 1.82) is 0 Å². The van der Waals surface area contributed by atoms with Gasteiger partial charge in [0.1, 0.15) is 0 Å². The fourth-order valence-corrected chi connectivity index (χ4v) is 4.46. The molecule has 0 N–H and O–H groups in total. The lowest BCUT2D eigenvalue weighted by molar-refractivity contribution is 0.254. The Balaban J connectivity index is 1.44. The van der Waals surface area contributed by atoms with Crippen LogP contribution in [0.2, 0.25) is 0 Å². The van der Waals surface area contributed by atoms with E-state index in [-0.39, 0.29) is 0 Å². The van der Waals surface area contributed by atoms with E-state index in [9.17, 15) is 0 Å². The van der Waals surface area contributed by atoms with Crippen LogP contribution < -0.4 is 0 Å². The Bertz CT molecular complexity index is 834. The van der Waals surface area contributed by atoms with Gasteiger partial charge in [-0.05, 0) is 85.8 Å². The first kappa shape index (κ1) is 22.2. The first-order chi connectivity index (χ1) is 14.8. The maximum Gasteiger partial charge on any atom is 0.0249 e. The van der Waals surface area contributed by atoms with Gasteiger partial charge in [-0.1, -0.05) is 73.9 Å². The Kier molecular flexibility index (Phi) is 9.04. The highest BCUT2D eigenvalue weighted by molar-refractivity contribution is 5.44. The fourth-order valence-electron chi connectivity index (χ4n) is 4.46. The van der Waals surface area contributed by atoms with Crippen LogP contribution in [0.1, 0.15) is 73.6 Å². The predicted molar refractivity (Wildman–Crippen MR) is 131 cm³/mol. The largest absolute Gasteiger partial charge is 0.103 e. The van der Waals surface area contributed by atoms with Crippen LogP contribution >= 0.6 is 0 Å². The Hall–Kier alpha value is -2.52. The van der Waals surface area contributed by atoms with Crippen LogP contribution in [0.15, 0.2) is 73.8 Å². The van der Waals surface area contributed by atoms with Crippen molar-refractivity contribution in [3.63, 3.8) is 0 Å². The first-order valence-corrected chi connectivity index (χ1v) is 11.7. The third-order valence-corrected chi connectivity index (χ3v) is 6.48. The molecule has 1 fully saturated rings. The van der Waals surface area contributed by atoms with E-state index in [2.05, 4.69) is 79.6 Å². The van der Waals surface area contributed by atoms with E-state index in [1.54, 1.807) is 0 Å². The zero-order valence-electron chi connectivity index (χ0n) is 18.4. The molecule has 0 radical (unpaired) electrons. The summed E-state index contributed by atoms with van der Waals surface area (Å²) in [5.74, 6) is 8.45. The molecule has 0 atom stereocenters. The van der Waals surface area contributed by atoms with Gasteiger partial charge in [0.15, 0.2) is 0 Å². The molecule has 1 saturated carbocycles. The van der Waals surface area contributed by atoms with Crippen LogP contribution in [0.5, 0.6) is 0 Å². The van der Waals surface area contributed by atoms with Crippen molar-refractivity contribution in [3.8, 4) is 11.8 Å². The van der Waals surface area contributed by atoms with E-state index < -0.39 is 0 Å². The molecule has 0 spiro atoms. The van der Waals surface area contributed by atoms with Gasteiger partial charge in [0.2, 0.25) is 0 Å². The van der Waals surface area contributed by atoms with Gasteiger partial charge in [0.05, 0.1) is 0 Å². The van der Waals surface area contributed by atoms with Crippen LogP contribution in [-0.4, -0.2) is 0 Å². The van der Waals surface area contributed by atoms with Crippen molar-refractivity contribution in [1.82, 2.24) is 0 Å². The molecule has 2 aromatic rings. The van der Waals surface area contributed by atoms with Crippen molar-refractivity contribution in [2.24, 2.45) is 11.8 Å². The maximum absolute atomic E-state index is 3.86. The third-order valence-electron chi connectivity index (χ3n) is 6.48. The number of hydrogen-bond donors (Lipinski definition) is 0. The zero-order chi connectivity index (χ0) is 21.0. The molecule has 0 unspecified atom stereocenters. The van der Waals surface area contributed by atoms with Gasteiger partial charge < -0.3 is 0 Å². The molecular weight excluding hydrogens is 360 g/mol. The van der Waals surface area contributed by atoms with E-state index in [1.807, 2.05) is 6.08 Å². The lowest BCUT2D eigenvalue weighted by Crippen LogP contribution is -2.15. The molecular formula is C30H36. The monoisotopic (exact) mass is 396 g/mol. The van der Waals surface area contributed by atoms with Crippen molar-refractivity contribution in [3.05, 3.63) is 96.1 Å². The Morgan fingerprint density at radius 3 is 1.60 bits per heavy atom. The molecule has 3 rings (SSSR count). The quantitative estimate of drug-likeness (QED) is 0.298. The van der Waals surface area contributed by atoms with Crippen molar-refractivity contribution in [2.45, 2.75) is 64.2 Å². The second kappa shape index (κ2) is 12.2. The number of allylic oxidation sites excluding steroid dienone is 2. The molecule has 1 aliphatic carbocycles. The summed E-state index contributed by atoms with van der Waals surface area (Å²) in [5, 5.41) is 0. The van der Waals surface area contributed by atoms with Crippen LogP contribution in [0.3, 0.4) is 0 Å². The van der Waals surface area contributed by atoms with E-state index >= 15 is 0 Å². The first-order valence-electron chi connectivity index (χ1n) is 11.7. The smallest absolute Gasteiger partial charge is 0.0249 e. The highest BCUT2D eigenvalue weighted by atomic mass is 14.3.